The van der Waals surface area contributed by atoms with Gasteiger partial charge in [-0.2, -0.15) is 0 Å². The lowest BCUT2D eigenvalue weighted by atomic mass is 10.3. The van der Waals surface area contributed by atoms with Crippen molar-refractivity contribution in [2.24, 2.45) is 0 Å². The maximum atomic E-state index is 5.00. The number of anilines is 1. The SMILES string of the molecule is CNc1ncc2cc(OC)ncc2n1. The van der Waals surface area contributed by atoms with Gasteiger partial charge in [-0.1, -0.05) is 0 Å². The zero-order chi connectivity index (χ0) is 9.97. The van der Waals surface area contributed by atoms with Crippen LogP contribution in [-0.4, -0.2) is 29.1 Å². The molecule has 14 heavy (non-hydrogen) atoms. The molecular formula is C9H10N4O. The van der Waals surface area contributed by atoms with Gasteiger partial charge < -0.3 is 10.1 Å². The molecule has 2 aromatic heterocycles. The third-order valence-corrected chi connectivity index (χ3v) is 1.87. The number of rotatable bonds is 2. The van der Waals surface area contributed by atoms with Gasteiger partial charge in [-0.3, -0.25) is 0 Å². The number of nitrogens with zero attached hydrogens (tertiary/aromatic N) is 3. The highest BCUT2D eigenvalue weighted by Crippen LogP contribution is 2.15. The Morgan fingerprint density at radius 1 is 1.29 bits per heavy atom. The molecule has 72 valence electrons. The second kappa shape index (κ2) is 3.45. The number of ether oxygens (including phenoxy) is 1. The first-order valence-electron chi connectivity index (χ1n) is 4.18. The van der Waals surface area contributed by atoms with E-state index < -0.39 is 0 Å². The third kappa shape index (κ3) is 1.44. The molecule has 0 fully saturated rings. The Kier molecular flexibility index (Phi) is 2.14. The fourth-order valence-corrected chi connectivity index (χ4v) is 1.15. The van der Waals surface area contributed by atoms with E-state index in [0.29, 0.717) is 11.8 Å². The molecular weight excluding hydrogens is 180 g/mol. The lowest BCUT2D eigenvalue weighted by molar-refractivity contribution is 0.398. The molecule has 0 amide bonds. The van der Waals surface area contributed by atoms with E-state index in [1.165, 1.54) is 0 Å². The summed E-state index contributed by atoms with van der Waals surface area (Å²) in [4.78, 5) is 12.4. The van der Waals surface area contributed by atoms with Crippen LogP contribution in [0.3, 0.4) is 0 Å². The second-order valence-corrected chi connectivity index (χ2v) is 2.73. The number of pyridine rings is 1. The van der Waals surface area contributed by atoms with Crippen molar-refractivity contribution in [1.82, 2.24) is 15.0 Å². The van der Waals surface area contributed by atoms with Crippen LogP contribution in [0.25, 0.3) is 10.9 Å². The van der Waals surface area contributed by atoms with Gasteiger partial charge in [0.25, 0.3) is 0 Å². The molecule has 0 atom stereocenters. The van der Waals surface area contributed by atoms with Crippen LogP contribution >= 0.6 is 0 Å². The van der Waals surface area contributed by atoms with Crippen molar-refractivity contribution in [3.8, 4) is 5.88 Å². The molecule has 0 spiro atoms. The number of aromatic nitrogens is 3. The third-order valence-electron chi connectivity index (χ3n) is 1.87. The Morgan fingerprint density at radius 3 is 2.86 bits per heavy atom. The molecule has 5 nitrogen and oxygen atoms in total. The Balaban J connectivity index is 2.57. The van der Waals surface area contributed by atoms with Crippen LogP contribution in [0.2, 0.25) is 0 Å². The largest absolute Gasteiger partial charge is 0.481 e. The van der Waals surface area contributed by atoms with Crippen molar-refractivity contribution in [3.63, 3.8) is 0 Å². The molecule has 0 radical (unpaired) electrons. The van der Waals surface area contributed by atoms with E-state index in [1.54, 1.807) is 32.6 Å². The Bertz CT molecular complexity index is 414. The van der Waals surface area contributed by atoms with E-state index in [4.69, 9.17) is 4.74 Å². The van der Waals surface area contributed by atoms with Gasteiger partial charge in [0, 0.05) is 24.7 Å². The van der Waals surface area contributed by atoms with E-state index in [0.717, 1.165) is 10.9 Å². The van der Waals surface area contributed by atoms with Crippen LogP contribution in [0.4, 0.5) is 5.95 Å². The molecule has 2 heterocycles. The number of nitrogens with one attached hydrogen (secondary N) is 1. The molecule has 2 aromatic rings. The van der Waals surface area contributed by atoms with Crippen molar-refractivity contribution in [2.75, 3.05) is 19.5 Å². The fraction of sp³-hybridized carbons (Fsp3) is 0.222. The highest BCUT2D eigenvalue weighted by atomic mass is 16.5. The van der Waals surface area contributed by atoms with Gasteiger partial charge in [0.15, 0.2) is 0 Å². The first-order chi connectivity index (χ1) is 6.83. The van der Waals surface area contributed by atoms with Crippen LogP contribution in [0.15, 0.2) is 18.5 Å². The van der Waals surface area contributed by atoms with Crippen LogP contribution in [0, 0.1) is 0 Å². The zero-order valence-corrected chi connectivity index (χ0v) is 7.98. The minimum atomic E-state index is 0.568. The molecule has 0 aliphatic heterocycles. The molecule has 0 aromatic carbocycles. The summed E-state index contributed by atoms with van der Waals surface area (Å²) >= 11 is 0. The molecule has 0 saturated heterocycles. The van der Waals surface area contributed by atoms with Gasteiger partial charge in [0.2, 0.25) is 11.8 Å². The number of methoxy groups -OCH3 is 1. The first-order valence-corrected chi connectivity index (χ1v) is 4.18. The zero-order valence-electron chi connectivity index (χ0n) is 7.98. The van der Waals surface area contributed by atoms with Crippen LogP contribution in [-0.2, 0) is 0 Å². The number of hydrogen-bond acceptors (Lipinski definition) is 5. The minimum absolute atomic E-state index is 0.568. The fourth-order valence-electron chi connectivity index (χ4n) is 1.15. The van der Waals surface area contributed by atoms with Crippen molar-refractivity contribution in [1.29, 1.82) is 0 Å². The van der Waals surface area contributed by atoms with Gasteiger partial charge in [-0.05, 0) is 0 Å². The van der Waals surface area contributed by atoms with E-state index in [1.807, 2.05) is 0 Å². The summed E-state index contributed by atoms with van der Waals surface area (Å²) < 4.78 is 5.00. The molecule has 5 heteroatoms. The monoisotopic (exact) mass is 190 g/mol. The lowest BCUT2D eigenvalue weighted by Crippen LogP contribution is -1.96. The predicted molar refractivity (Wildman–Crippen MR) is 53.4 cm³/mol. The molecule has 2 rings (SSSR count). The number of fused-ring (bicyclic) bond motifs is 1. The van der Waals surface area contributed by atoms with Crippen molar-refractivity contribution >= 4 is 16.9 Å². The van der Waals surface area contributed by atoms with Crippen LogP contribution in [0.5, 0.6) is 5.88 Å². The highest BCUT2D eigenvalue weighted by molar-refractivity contribution is 5.78. The summed E-state index contributed by atoms with van der Waals surface area (Å²) in [5, 5.41) is 3.78. The van der Waals surface area contributed by atoms with E-state index in [9.17, 15) is 0 Å². The summed E-state index contributed by atoms with van der Waals surface area (Å²) in [7, 11) is 3.36. The summed E-state index contributed by atoms with van der Waals surface area (Å²) in [5.74, 6) is 1.16. The average Bonchev–Trinajstić information content (AvgIpc) is 2.27. The van der Waals surface area contributed by atoms with Crippen molar-refractivity contribution in [3.05, 3.63) is 18.5 Å². The maximum Gasteiger partial charge on any atom is 0.223 e. The van der Waals surface area contributed by atoms with E-state index in [-0.39, 0.29) is 0 Å². The predicted octanol–water partition coefficient (Wildman–Crippen LogP) is 1.08. The van der Waals surface area contributed by atoms with Crippen molar-refractivity contribution < 1.29 is 4.74 Å². The topological polar surface area (TPSA) is 59.9 Å². The lowest BCUT2D eigenvalue weighted by Gasteiger charge is -2.02. The standard InChI is InChI=1S/C9H10N4O/c1-10-9-12-4-6-3-8(14-2)11-5-7(6)13-9/h3-5H,1-2H3,(H,10,12,13). The first kappa shape index (κ1) is 8.68. The van der Waals surface area contributed by atoms with Gasteiger partial charge >= 0.3 is 0 Å². The van der Waals surface area contributed by atoms with Gasteiger partial charge in [-0.25, -0.2) is 15.0 Å². The average molecular weight is 190 g/mol. The highest BCUT2D eigenvalue weighted by Gasteiger charge is 2.00. The molecule has 0 saturated carbocycles. The summed E-state index contributed by atoms with van der Waals surface area (Å²) in [6, 6.07) is 1.80. The van der Waals surface area contributed by atoms with E-state index >= 15 is 0 Å². The summed E-state index contributed by atoms with van der Waals surface area (Å²) in [6.07, 6.45) is 3.40. The quantitative estimate of drug-likeness (QED) is 0.767. The van der Waals surface area contributed by atoms with Gasteiger partial charge in [-0.15, -0.1) is 0 Å². The molecule has 0 bridgehead atoms. The summed E-state index contributed by atoms with van der Waals surface area (Å²) in [5.41, 5.74) is 0.796. The molecule has 0 aliphatic rings. The van der Waals surface area contributed by atoms with Gasteiger partial charge in [0.05, 0.1) is 18.8 Å². The second-order valence-electron chi connectivity index (χ2n) is 2.73. The molecule has 0 aliphatic carbocycles. The van der Waals surface area contributed by atoms with Crippen LogP contribution < -0.4 is 10.1 Å². The Labute approximate surface area is 81.2 Å². The van der Waals surface area contributed by atoms with Crippen LogP contribution in [0.1, 0.15) is 0 Å². The van der Waals surface area contributed by atoms with E-state index in [2.05, 4.69) is 20.3 Å². The normalized spacial score (nSPS) is 10.1. The summed E-state index contributed by atoms with van der Waals surface area (Å²) in [6.45, 7) is 0. The smallest absolute Gasteiger partial charge is 0.223 e. The van der Waals surface area contributed by atoms with Gasteiger partial charge in [0.1, 0.15) is 0 Å². The number of hydrogen-bond donors (Lipinski definition) is 1. The molecule has 0 unspecified atom stereocenters. The molecule has 1 N–H and O–H groups in total. The Morgan fingerprint density at radius 2 is 2.14 bits per heavy atom. The Hall–Kier alpha value is -1.91. The van der Waals surface area contributed by atoms with Crippen molar-refractivity contribution in [2.45, 2.75) is 0 Å². The maximum absolute atomic E-state index is 5.00. The minimum Gasteiger partial charge on any atom is -0.481 e.